The SMILES string of the molecule is O=[N+]([O-])c1cc(Cl)ccc1-c1ccc(CNCc2ccc(Cn3cncn3)cc2)o1. The summed E-state index contributed by atoms with van der Waals surface area (Å²) >= 11 is 5.87. The van der Waals surface area contributed by atoms with E-state index in [1.54, 1.807) is 29.2 Å². The lowest BCUT2D eigenvalue weighted by Gasteiger charge is -2.06. The van der Waals surface area contributed by atoms with Gasteiger partial charge in [0.05, 0.1) is 23.6 Å². The van der Waals surface area contributed by atoms with Gasteiger partial charge in [0, 0.05) is 17.6 Å². The summed E-state index contributed by atoms with van der Waals surface area (Å²) in [6.45, 7) is 1.85. The molecule has 30 heavy (non-hydrogen) atoms. The van der Waals surface area contributed by atoms with Crippen molar-refractivity contribution in [2.24, 2.45) is 0 Å². The van der Waals surface area contributed by atoms with Gasteiger partial charge in [0.15, 0.2) is 0 Å². The fourth-order valence-corrected chi connectivity index (χ4v) is 3.24. The molecule has 0 aliphatic rings. The van der Waals surface area contributed by atoms with Gasteiger partial charge in [-0.05, 0) is 35.4 Å². The van der Waals surface area contributed by atoms with Crippen molar-refractivity contribution in [2.45, 2.75) is 19.6 Å². The second-order valence-corrected chi connectivity index (χ2v) is 7.13. The predicted octanol–water partition coefficient (Wildman–Crippen LogP) is 4.44. The van der Waals surface area contributed by atoms with Crippen LogP contribution in [0.4, 0.5) is 5.69 Å². The maximum atomic E-state index is 11.3. The van der Waals surface area contributed by atoms with Crippen molar-refractivity contribution in [2.75, 3.05) is 0 Å². The quantitative estimate of drug-likeness (QED) is 0.332. The van der Waals surface area contributed by atoms with Crippen molar-refractivity contribution in [3.63, 3.8) is 0 Å². The lowest BCUT2D eigenvalue weighted by molar-refractivity contribution is -0.384. The van der Waals surface area contributed by atoms with Crippen LogP contribution in [0.2, 0.25) is 5.02 Å². The first-order chi connectivity index (χ1) is 14.6. The number of aromatic nitrogens is 3. The third-order valence-electron chi connectivity index (χ3n) is 4.55. The van der Waals surface area contributed by atoms with E-state index < -0.39 is 4.92 Å². The lowest BCUT2D eigenvalue weighted by Crippen LogP contribution is -2.12. The first-order valence-corrected chi connectivity index (χ1v) is 9.60. The van der Waals surface area contributed by atoms with E-state index in [4.69, 9.17) is 16.0 Å². The van der Waals surface area contributed by atoms with E-state index in [0.717, 1.165) is 11.1 Å². The fraction of sp³-hybridized carbons (Fsp3) is 0.143. The Hall–Kier alpha value is -3.49. The standard InChI is InChI=1S/C21H18ClN5O3/c22-17-5-7-19(20(9-17)27(28)29)21-8-6-18(30-21)11-23-10-15-1-3-16(4-2-15)12-26-14-24-13-25-26/h1-9,13-14,23H,10-12H2. The Bertz CT molecular complexity index is 1140. The second kappa shape index (κ2) is 8.89. The van der Waals surface area contributed by atoms with Gasteiger partial charge in [-0.1, -0.05) is 35.9 Å². The third-order valence-corrected chi connectivity index (χ3v) is 4.78. The van der Waals surface area contributed by atoms with E-state index in [9.17, 15) is 10.1 Å². The summed E-state index contributed by atoms with van der Waals surface area (Å²) in [5.41, 5.74) is 2.60. The second-order valence-electron chi connectivity index (χ2n) is 6.70. The molecular weight excluding hydrogens is 406 g/mol. The Labute approximate surface area is 177 Å². The van der Waals surface area contributed by atoms with E-state index in [1.165, 1.54) is 12.4 Å². The average Bonchev–Trinajstić information content (AvgIpc) is 3.41. The molecular formula is C21H18ClN5O3. The molecule has 8 nitrogen and oxygen atoms in total. The van der Waals surface area contributed by atoms with Crippen molar-refractivity contribution in [1.29, 1.82) is 0 Å². The van der Waals surface area contributed by atoms with Crippen molar-refractivity contribution < 1.29 is 9.34 Å². The molecule has 0 aliphatic carbocycles. The van der Waals surface area contributed by atoms with E-state index in [0.29, 0.717) is 41.7 Å². The number of nitrogens with one attached hydrogen (secondary N) is 1. The topological polar surface area (TPSA) is 99.0 Å². The van der Waals surface area contributed by atoms with E-state index in [1.807, 2.05) is 6.07 Å². The summed E-state index contributed by atoms with van der Waals surface area (Å²) in [5.74, 6) is 1.13. The summed E-state index contributed by atoms with van der Waals surface area (Å²) in [7, 11) is 0. The predicted molar refractivity (Wildman–Crippen MR) is 112 cm³/mol. The molecule has 0 bridgehead atoms. The van der Waals surface area contributed by atoms with Crippen molar-refractivity contribution in [1.82, 2.24) is 20.1 Å². The molecule has 4 aromatic rings. The molecule has 2 heterocycles. The van der Waals surface area contributed by atoms with Gasteiger partial charge in [0.25, 0.3) is 5.69 Å². The fourth-order valence-electron chi connectivity index (χ4n) is 3.08. The molecule has 9 heteroatoms. The number of hydrogen-bond acceptors (Lipinski definition) is 6. The zero-order valence-corrected chi connectivity index (χ0v) is 16.6. The lowest BCUT2D eigenvalue weighted by atomic mass is 10.1. The van der Waals surface area contributed by atoms with Crippen molar-refractivity contribution >= 4 is 17.3 Å². The Morgan fingerprint density at radius 2 is 1.87 bits per heavy atom. The number of benzene rings is 2. The number of furan rings is 1. The van der Waals surface area contributed by atoms with Gasteiger partial charge < -0.3 is 9.73 Å². The highest BCUT2D eigenvalue weighted by molar-refractivity contribution is 6.30. The summed E-state index contributed by atoms with van der Waals surface area (Å²) in [6, 6.07) is 16.3. The molecule has 2 aromatic heterocycles. The summed E-state index contributed by atoms with van der Waals surface area (Å²) in [4.78, 5) is 14.8. The molecule has 0 atom stereocenters. The van der Waals surface area contributed by atoms with Crippen LogP contribution in [0.15, 0.2) is 71.7 Å². The van der Waals surface area contributed by atoms with Crippen LogP contribution in [-0.4, -0.2) is 19.7 Å². The largest absolute Gasteiger partial charge is 0.459 e. The molecule has 0 unspecified atom stereocenters. The number of hydrogen-bond donors (Lipinski definition) is 1. The summed E-state index contributed by atoms with van der Waals surface area (Å²) in [6.07, 6.45) is 3.20. The van der Waals surface area contributed by atoms with Crippen molar-refractivity contribution in [3.8, 4) is 11.3 Å². The molecule has 0 aliphatic heterocycles. The maximum absolute atomic E-state index is 11.3. The summed E-state index contributed by atoms with van der Waals surface area (Å²) < 4.78 is 7.56. The van der Waals surface area contributed by atoms with Crippen LogP contribution in [0, 0.1) is 10.1 Å². The Kier molecular flexibility index (Phi) is 5.87. The van der Waals surface area contributed by atoms with Gasteiger partial charge >= 0.3 is 0 Å². The smallest absolute Gasteiger partial charge is 0.281 e. The van der Waals surface area contributed by atoms with Gasteiger partial charge in [0.2, 0.25) is 0 Å². The Balaban J connectivity index is 1.34. The minimum atomic E-state index is -0.464. The van der Waals surface area contributed by atoms with Gasteiger partial charge in [-0.3, -0.25) is 10.1 Å². The number of halogens is 1. The van der Waals surface area contributed by atoms with Gasteiger partial charge in [-0.25, -0.2) is 9.67 Å². The summed E-state index contributed by atoms with van der Waals surface area (Å²) in [5, 5.41) is 19.0. The zero-order chi connectivity index (χ0) is 20.9. The first kappa shape index (κ1) is 19.8. The highest BCUT2D eigenvalue weighted by atomic mass is 35.5. The van der Waals surface area contributed by atoms with Gasteiger partial charge in [-0.2, -0.15) is 5.10 Å². The van der Waals surface area contributed by atoms with Gasteiger partial charge in [0.1, 0.15) is 24.2 Å². The highest BCUT2D eigenvalue weighted by Crippen LogP contribution is 2.33. The molecule has 0 spiro atoms. The number of nitro groups is 1. The number of rotatable bonds is 8. The average molecular weight is 424 g/mol. The molecule has 0 saturated heterocycles. The van der Waals surface area contributed by atoms with Gasteiger partial charge in [-0.15, -0.1) is 0 Å². The molecule has 1 N–H and O–H groups in total. The minimum absolute atomic E-state index is 0.0812. The Morgan fingerprint density at radius 1 is 1.07 bits per heavy atom. The van der Waals surface area contributed by atoms with E-state index in [-0.39, 0.29) is 5.69 Å². The zero-order valence-electron chi connectivity index (χ0n) is 15.9. The molecule has 2 aromatic carbocycles. The van der Waals surface area contributed by atoms with E-state index in [2.05, 4.69) is 39.7 Å². The normalized spacial score (nSPS) is 11.0. The van der Waals surface area contributed by atoms with Crippen LogP contribution < -0.4 is 5.32 Å². The van der Waals surface area contributed by atoms with Crippen LogP contribution >= 0.6 is 11.6 Å². The van der Waals surface area contributed by atoms with E-state index >= 15 is 0 Å². The molecule has 4 rings (SSSR count). The van der Waals surface area contributed by atoms with Crippen LogP contribution in [0.3, 0.4) is 0 Å². The molecule has 0 fully saturated rings. The highest BCUT2D eigenvalue weighted by Gasteiger charge is 2.18. The number of nitro benzene ring substituents is 1. The maximum Gasteiger partial charge on any atom is 0.281 e. The van der Waals surface area contributed by atoms with Crippen LogP contribution in [-0.2, 0) is 19.6 Å². The molecule has 152 valence electrons. The Morgan fingerprint density at radius 3 is 2.60 bits per heavy atom. The third kappa shape index (κ3) is 4.73. The van der Waals surface area contributed by atoms with Crippen LogP contribution in [0.1, 0.15) is 16.9 Å². The number of nitrogens with zero attached hydrogens (tertiary/aromatic N) is 4. The molecule has 0 saturated carbocycles. The molecule has 0 amide bonds. The van der Waals surface area contributed by atoms with Crippen molar-refractivity contribution in [3.05, 3.63) is 99.3 Å². The molecule has 0 radical (unpaired) electrons. The van der Waals surface area contributed by atoms with Crippen LogP contribution in [0.5, 0.6) is 0 Å². The monoisotopic (exact) mass is 423 g/mol. The first-order valence-electron chi connectivity index (χ1n) is 9.22. The van der Waals surface area contributed by atoms with Crippen LogP contribution in [0.25, 0.3) is 11.3 Å². The minimum Gasteiger partial charge on any atom is -0.459 e.